The molecule has 11 heavy (non-hydrogen) atoms. The van der Waals surface area contributed by atoms with E-state index in [4.69, 9.17) is 11.5 Å². The van der Waals surface area contributed by atoms with Crippen molar-refractivity contribution in [1.29, 1.82) is 0 Å². The van der Waals surface area contributed by atoms with Gasteiger partial charge < -0.3 is 5.11 Å². The number of aliphatic hydroxyl groups is 1. The predicted octanol–water partition coefficient (Wildman–Crippen LogP) is 1.81. The summed E-state index contributed by atoms with van der Waals surface area (Å²) in [7, 11) is 1.00. The summed E-state index contributed by atoms with van der Waals surface area (Å²) in [4.78, 5) is 0. The molecule has 1 saturated carbocycles. The van der Waals surface area contributed by atoms with E-state index in [1.54, 1.807) is 0 Å². The van der Waals surface area contributed by atoms with Gasteiger partial charge in [0.1, 0.15) is 0 Å². The molecule has 0 aromatic carbocycles. The Kier molecular flexibility index (Phi) is 13.7. The maximum Gasteiger partial charge on any atom is 0.0319 e. The van der Waals surface area contributed by atoms with Gasteiger partial charge in [0, 0.05) is 45.7 Å². The summed E-state index contributed by atoms with van der Waals surface area (Å²) < 4.78 is 0. The fourth-order valence-corrected chi connectivity index (χ4v) is 1.27. The monoisotopic (exact) mass is 229 g/mol. The Labute approximate surface area is 94.8 Å². The molecule has 1 aliphatic rings. The van der Waals surface area contributed by atoms with Crippen LogP contribution < -0.4 is 0 Å². The molecule has 0 bridgehead atoms. The maximum atomic E-state index is 7.00. The van der Waals surface area contributed by atoms with E-state index in [1.165, 1.54) is 32.1 Å². The SMILES string of the molecule is C#CC1CCCCC1.CO.[Y]. The molecular weight excluding hydrogens is 213 g/mol. The molecular formula is C9H16OY. The van der Waals surface area contributed by atoms with Crippen LogP contribution in [-0.2, 0) is 32.7 Å². The van der Waals surface area contributed by atoms with Gasteiger partial charge in [-0.2, -0.15) is 0 Å². The van der Waals surface area contributed by atoms with Crippen molar-refractivity contribution < 1.29 is 37.8 Å². The largest absolute Gasteiger partial charge is 0.400 e. The smallest absolute Gasteiger partial charge is 0.0319 e. The zero-order chi connectivity index (χ0) is 7.82. The van der Waals surface area contributed by atoms with E-state index in [1.807, 2.05) is 0 Å². The molecule has 2 heteroatoms. The third-order valence-corrected chi connectivity index (χ3v) is 1.84. The molecule has 1 radical (unpaired) electrons. The van der Waals surface area contributed by atoms with Crippen LogP contribution >= 0.6 is 0 Å². The second-order valence-electron chi connectivity index (χ2n) is 2.50. The quantitative estimate of drug-likeness (QED) is 0.628. The van der Waals surface area contributed by atoms with Gasteiger partial charge in [0.25, 0.3) is 0 Å². The van der Waals surface area contributed by atoms with Crippen LogP contribution in [-0.4, -0.2) is 12.2 Å². The molecule has 0 saturated heterocycles. The predicted molar refractivity (Wildman–Crippen MR) is 43.6 cm³/mol. The van der Waals surface area contributed by atoms with E-state index in [9.17, 15) is 0 Å². The molecule has 0 aliphatic heterocycles. The van der Waals surface area contributed by atoms with E-state index in [-0.39, 0.29) is 32.7 Å². The average Bonchev–Trinajstić information content (AvgIpc) is 2.10. The van der Waals surface area contributed by atoms with Crippen molar-refractivity contribution in [3.05, 3.63) is 0 Å². The fraction of sp³-hybridized carbons (Fsp3) is 0.778. The maximum absolute atomic E-state index is 7.00. The molecule has 0 aromatic heterocycles. The van der Waals surface area contributed by atoms with E-state index < -0.39 is 0 Å². The van der Waals surface area contributed by atoms with Crippen LogP contribution in [0.15, 0.2) is 0 Å². The standard InChI is InChI=1S/C8H12.CH4O.Y/c1-2-8-6-4-3-5-7-8;1-2;/h1,8H,3-7H2;2H,1H3;. The van der Waals surface area contributed by atoms with E-state index in [2.05, 4.69) is 5.92 Å². The summed E-state index contributed by atoms with van der Waals surface area (Å²) in [6, 6.07) is 0. The van der Waals surface area contributed by atoms with Crippen molar-refractivity contribution in [3.8, 4) is 12.3 Å². The summed E-state index contributed by atoms with van der Waals surface area (Å²) in [5.41, 5.74) is 0. The number of aliphatic hydroxyl groups excluding tert-OH is 1. The Morgan fingerprint density at radius 1 is 1.18 bits per heavy atom. The summed E-state index contributed by atoms with van der Waals surface area (Å²) in [6.45, 7) is 0. The Bertz CT molecular complexity index is 101. The summed E-state index contributed by atoms with van der Waals surface area (Å²) in [6.07, 6.45) is 11.9. The zero-order valence-corrected chi connectivity index (χ0v) is 10.1. The molecule has 1 rings (SSSR count). The van der Waals surface area contributed by atoms with Crippen molar-refractivity contribution in [2.45, 2.75) is 32.1 Å². The summed E-state index contributed by atoms with van der Waals surface area (Å²) >= 11 is 0. The molecule has 0 aromatic rings. The van der Waals surface area contributed by atoms with Crippen molar-refractivity contribution >= 4 is 0 Å². The summed E-state index contributed by atoms with van der Waals surface area (Å²) in [5.74, 6) is 3.42. The first-order chi connectivity index (χ1) is 4.93. The molecule has 1 fully saturated rings. The van der Waals surface area contributed by atoms with Gasteiger partial charge >= 0.3 is 0 Å². The Morgan fingerprint density at radius 3 is 1.91 bits per heavy atom. The van der Waals surface area contributed by atoms with Gasteiger partial charge in [0.15, 0.2) is 0 Å². The van der Waals surface area contributed by atoms with Gasteiger partial charge in [-0.25, -0.2) is 0 Å². The van der Waals surface area contributed by atoms with Crippen LogP contribution in [0.25, 0.3) is 0 Å². The van der Waals surface area contributed by atoms with Crippen LogP contribution in [0.1, 0.15) is 32.1 Å². The third kappa shape index (κ3) is 7.00. The van der Waals surface area contributed by atoms with E-state index >= 15 is 0 Å². The van der Waals surface area contributed by atoms with Gasteiger partial charge in [0.2, 0.25) is 0 Å². The van der Waals surface area contributed by atoms with Gasteiger partial charge in [0.05, 0.1) is 0 Å². The fourth-order valence-electron chi connectivity index (χ4n) is 1.27. The molecule has 1 N–H and O–H groups in total. The first-order valence-corrected chi connectivity index (χ1v) is 3.84. The van der Waals surface area contributed by atoms with Gasteiger partial charge in [-0.15, -0.1) is 12.3 Å². The average molecular weight is 229 g/mol. The normalized spacial score (nSPS) is 16.8. The molecule has 1 nitrogen and oxygen atoms in total. The minimum Gasteiger partial charge on any atom is -0.400 e. The Morgan fingerprint density at radius 2 is 1.64 bits per heavy atom. The molecule has 0 amide bonds. The molecule has 0 heterocycles. The van der Waals surface area contributed by atoms with Crippen molar-refractivity contribution in [2.75, 3.05) is 7.11 Å². The van der Waals surface area contributed by atoms with E-state index in [0.29, 0.717) is 5.92 Å². The summed E-state index contributed by atoms with van der Waals surface area (Å²) in [5, 5.41) is 7.00. The van der Waals surface area contributed by atoms with Gasteiger partial charge in [-0.1, -0.05) is 19.3 Å². The van der Waals surface area contributed by atoms with Gasteiger partial charge in [-0.3, -0.25) is 0 Å². The Balaban J connectivity index is 0. The molecule has 0 unspecified atom stereocenters. The van der Waals surface area contributed by atoms with E-state index in [0.717, 1.165) is 7.11 Å². The minimum atomic E-state index is 0. The molecule has 0 spiro atoms. The second kappa shape index (κ2) is 10.6. The first-order valence-electron chi connectivity index (χ1n) is 3.84. The first kappa shape index (κ1) is 14.2. The number of terminal acetylenes is 1. The molecule has 1 aliphatic carbocycles. The molecule has 0 atom stereocenters. The van der Waals surface area contributed by atoms with Gasteiger partial charge in [-0.05, 0) is 12.8 Å². The molecule has 61 valence electrons. The van der Waals surface area contributed by atoms with Crippen LogP contribution in [0.3, 0.4) is 0 Å². The van der Waals surface area contributed by atoms with Crippen LogP contribution in [0.4, 0.5) is 0 Å². The van der Waals surface area contributed by atoms with Crippen LogP contribution in [0, 0.1) is 18.3 Å². The number of hydrogen-bond donors (Lipinski definition) is 1. The number of rotatable bonds is 0. The van der Waals surface area contributed by atoms with Crippen LogP contribution in [0.2, 0.25) is 0 Å². The zero-order valence-electron chi connectivity index (χ0n) is 7.21. The number of hydrogen-bond acceptors (Lipinski definition) is 1. The Hall–Kier alpha value is 0.624. The van der Waals surface area contributed by atoms with Crippen molar-refractivity contribution in [1.82, 2.24) is 0 Å². The van der Waals surface area contributed by atoms with Crippen molar-refractivity contribution in [2.24, 2.45) is 5.92 Å². The second-order valence-corrected chi connectivity index (χ2v) is 2.50. The minimum absolute atomic E-state index is 0. The third-order valence-electron chi connectivity index (χ3n) is 1.84. The van der Waals surface area contributed by atoms with Crippen molar-refractivity contribution in [3.63, 3.8) is 0 Å². The topological polar surface area (TPSA) is 20.2 Å². The van der Waals surface area contributed by atoms with Crippen LogP contribution in [0.5, 0.6) is 0 Å².